The summed E-state index contributed by atoms with van der Waals surface area (Å²) in [5, 5.41) is 29.4. The molecule has 0 spiro atoms. The largest absolute Gasteiger partial charge is 0.478 e. The second kappa shape index (κ2) is 24.7. The zero-order valence-corrected chi connectivity index (χ0v) is 42.7. The number of nitrogen functional groups attached to an aromatic ring is 2. The molecular formula is C47H35ClF12N14O9. The van der Waals surface area contributed by atoms with Crippen molar-refractivity contribution in [2.45, 2.75) is 24.7 Å². The Labute approximate surface area is 457 Å². The second-order valence-corrected chi connectivity index (χ2v) is 17.2. The Morgan fingerprint density at radius 1 is 0.518 bits per heavy atom. The van der Waals surface area contributed by atoms with Gasteiger partial charge in [0.25, 0.3) is 28.1 Å². The van der Waals surface area contributed by atoms with E-state index in [4.69, 9.17) is 28.2 Å². The van der Waals surface area contributed by atoms with Crippen LogP contribution in [0.2, 0.25) is 5.15 Å². The number of carboxylic acid groups (broad SMARTS) is 1. The maximum Gasteiger partial charge on any atom is 0.451 e. The molecule has 0 radical (unpaired) electrons. The van der Waals surface area contributed by atoms with Gasteiger partial charge in [0.05, 0.1) is 53.6 Å². The number of aromatic amines is 3. The number of anilines is 4. The van der Waals surface area contributed by atoms with Crippen molar-refractivity contribution < 1.29 is 72.4 Å². The molecule has 9 aromatic rings. The van der Waals surface area contributed by atoms with Crippen LogP contribution in [0.1, 0.15) is 33.7 Å². The number of aromatic carboxylic acids is 1. The van der Waals surface area contributed by atoms with Gasteiger partial charge in [-0.3, -0.25) is 34.6 Å². The van der Waals surface area contributed by atoms with Gasteiger partial charge in [-0.25, -0.2) is 29.7 Å². The number of non-ortho nitro benzene ring substituents is 2. The predicted molar refractivity (Wildman–Crippen MR) is 276 cm³/mol. The molecule has 0 aliphatic heterocycles. The van der Waals surface area contributed by atoms with Gasteiger partial charge in [0.2, 0.25) is 23.3 Å². The van der Waals surface area contributed by atoms with Crippen molar-refractivity contribution >= 4 is 95.3 Å². The molecule has 0 aliphatic carbocycles. The fourth-order valence-corrected chi connectivity index (χ4v) is 6.76. The zero-order valence-electron chi connectivity index (χ0n) is 42.0. The van der Waals surface area contributed by atoms with E-state index >= 15 is 0 Å². The van der Waals surface area contributed by atoms with Crippen LogP contribution >= 0.6 is 11.6 Å². The molecule has 0 amide bonds. The smallest absolute Gasteiger partial charge is 0.451 e. The van der Waals surface area contributed by atoms with Crippen molar-refractivity contribution in [3.05, 3.63) is 176 Å². The number of nitrogens with zero attached hydrogens (tertiary/aromatic N) is 9. The highest BCUT2D eigenvalue weighted by atomic mass is 35.5. The summed E-state index contributed by atoms with van der Waals surface area (Å²) >= 11 is 5.78. The van der Waals surface area contributed by atoms with E-state index < -0.39 is 86.2 Å². The highest BCUT2D eigenvalue weighted by molar-refractivity contribution is 6.34. The number of carboxylic acids is 1. The van der Waals surface area contributed by atoms with Crippen molar-refractivity contribution in [2.24, 2.45) is 0 Å². The summed E-state index contributed by atoms with van der Waals surface area (Å²) in [7, 11) is 7.18. The maximum atomic E-state index is 12.5. The summed E-state index contributed by atoms with van der Waals surface area (Å²) in [6.07, 6.45) is -18.7. The summed E-state index contributed by atoms with van der Waals surface area (Å²) in [4.78, 5) is 89.4. The van der Waals surface area contributed by atoms with E-state index in [1.807, 2.05) is 19.0 Å². The number of nitrogens with two attached hydrogens (primary N) is 2. The van der Waals surface area contributed by atoms with Gasteiger partial charge in [-0.05, 0) is 66.7 Å². The van der Waals surface area contributed by atoms with Gasteiger partial charge >= 0.3 is 30.7 Å². The fourth-order valence-electron chi connectivity index (χ4n) is 6.53. The monoisotopic (exact) mass is 1200 g/mol. The number of aromatic nitrogens is 8. The molecule has 0 bridgehead atoms. The van der Waals surface area contributed by atoms with Gasteiger partial charge in [0.1, 0.15) is 5.15 Å². The molecule has 9 rings (SSSR count). The van der Waals surface area contributed by atoms with Crippen molar-refractivity contribution in [3.8, 4) is 0 Å². The molecular weight excluding hydrogens is 1170 g/mol. The zero-order chi connectivity index (χ0) is 62.4. The van der Waals surface area contributed by atoms with Crippen LogP contribution in [-0.4, -0.2) is 89.0 Å². The van der Waals surface area contributed by atoms with Gasteiger partial charge in [0, 0.05) is 80.6 Å². The lowest BCUT2D eigenvalue weighted by molar-refractivity contribution is -0.385. The number of nitrogens with one attached hydrogen (secondary N) is 3. The van der Waals surface area contributed by atoms with Crippen LogP contribution in [0.25, 0.3) is 43.6 Å². The second-order valence-electron chi connectivity index (χ2n) is 16.8. The standard InChI is InChI=1S/C11H9ClF3N3.C11H10F3N3O.C9H4F3N3O3.C9H6F3N3O.C7H6N2O4/c1-18(2)6-3-4-8-7(5-6)9(12)17-10(16-8)11(13,14)15;1-17(2)6-3-4-8-7(5-6)9(18)16-10(15-8)11(12,13)14;10-9(11,12)8-13-6-2-1-4(15(17)18)3-5(6)7(16)14-8;10-9(11,12)8-14-6-2-1-4(13)3-5(6)7(16)15-8;8-6-2-1-4(9(12)13)3-5(6)7(10)11/h3-5H,1-2H3;3-5H,1-2H3,(H,15,16,18);1-3H,(H,13,14,16);1-3H,13H2,(H,14,15,16);1-3H,8H2,(H,10,11). The Hall–Kier alpha value is -10.2. The van der Waals surface area contributed by atoms with Gasteiger partial charge in [0.15, 0.2) is 0 Å². The molecule has 4 heterocycles. The first kappa shape index (κ1) is 63.6. The first-order valence-electron chi connectivity index (χ1n) is 22.2. The highest BCUT2D eigenvalue weighted by Gasteiger charge is 2.37. The summed E-state index contributed by atoms with van der Waals surface area (Å²) in [6, 6.07) is 19.4. The van der Waals surface area contributed by atoms with Crippen LogP contribution < -0.4 is 37.9 Å². The highest BCUT2D eigenvalue weighted by Crippen LogP contribution is 2.33. The molecule has 23 nitrogen and oxygen atoms in total. The molecule has 36 heteroatoms. The van der Waals surface area contributed by atoms with Crippen molar-refractivity contribution in [2.75, 3.05) is 49.5 Å². The lowest BCUT2D eigenvalue weighted by Crippen LogP contribution is -2.19. The van der Waals surface area contributed by atoms with E-state index in [1.165, 1.54) is 42.5 Å². The Morgan fingerprint density at radius 3 is 1.28 bits per heavy atom. The first-order valence-corrected chi connectivity index (χ1v) is 22.5. The van der Waals surface area contributed by atoms with E-state index in [9.17, 15) is 92.1 Å². The number of carbonyl (C=O) groups is 1. The molecule has 0 unspecified atom stereocenters. The van der Waals surface area contributed by atoms with Gasteiger partial charge in [-0.15, -0.1) is 0 Å². The SMILES string of the molecule is CN(C)c1ccc2nc(C(F)(F)F)[nH]c(=O)c2c1.CN(C)c1ccc2nc(C(F)(F)F)nc(Cl)c2c1.Nc1ccc([N+](=O)[O-])cc1C(=O)O.Nc1ccc2nc(C(F)(F)F)[nH]c(=O)c2c1.O=c1[nH]c(C(F)(F)F)nc2ccc([N+](=O)[O-])cc12. The van der Waals surface area contributed by atoms with Crippen LogP contribution in [0.15, 0.2) is 105 Å². The van der Waals surface area contributed by atoms with Crippen molar-refractivity contribution in [3.63, 3.8) is 0 Å². The molecule has 0 aliphatic rings. The minimum Gasteiger partial charge on any atom is -0.478 e. The molecule has 0 atom stereocenters. The number of H-pyrrole nitrogens is 3. The number of nitro groups is 2. The first-order chi connectivity index (χ1) is 38.3. The third-order valence-corrected chi connectivity index (χ3v) is 10.8. The Balaban J connectivity index is 0.000000191. The average Bonchev–Trinajstić information content (AvgIpc) is 3.22. The van der Waals surface area contributed by atoms with Crippen LogP contribution in [0.5, 0.6) is 0 Å². The molecule has 5 aromatic carbocycles. The molecule has 4 aromatic heterocycles. The molecule has 83 heavy (non-hydrogen) atoms. The quantitative estimate of drug-likeness (QED) is 0.0307. The summed E-state index contributed by atoms with van der Waals surface area (Å²) in [5.41, 5.74) is 8.78. The third kappa shape index (κ3) is 16.2. The number of hydrogen-bond acceptors (Lipinski definition) is 17. The van der Waals surface area contributed by atoms with Crippen LogP contribution in [0, 0.1) is 20.2 Å². The number of alkyl halides is 12. The molecule has 438 valence electrons. The van der Waals surface area contributed by atoms with E-state index in [1.54, 1.807) is 52.1 Å². The van der Waals surface area contributed by atoms with Crippen molar-refractivity contribution in [1.29, 1.82) is 0 Å². The third-order valence-electron chi connectivity index (χ3n) is 10.5. The van der Waals surface area contributed by atoms with E-state index in [2.05, 4.69) is 24.9 Å². The number of nitro benzene ring substituents is 2. The van der Waals surface area contributed by atoms with Gasteiger partial charge in [-0.2, -0.15) is 52.7 Å². The average molecular weight is 1200 g/mol. The predicted octanol–water partition coefficient (Wildman–Crippen LogP) is 9.63. The number of halogens is 13. The maximum absolute atomic E-state index is 12.5. The molecule has 0 fully saturated rings. The molecule has 8 N–H and O–H groups in total. The summed E-state index contributed by atoms with van der Waals surface area (Å²) in [6.45, 7) is 0. The van der Waals surface area contributed by atoms with Gasteiger partial charge in [-0.1, -0.05) is 11.6 Å². The van der Waals surface area contributed by atoms with E-state index in [-0.39, 0.29) is 60.3 Å². The van der Waals surface area contributed by atoms with Crippen LogP contribution in [-0.2, 0) is 24.7 Å². The normalized spacial score (nSPS) is 11.5. The number of hydrogen-bond donors (Lipinski definition) is 6. The Morgan fingerprint density at radius 2 is 0.880 bits per heavy atom. The lowest BCUT2D eigenvalue weighted by atomic mass is 10.1. The summed E-state index contributed by atoms with van der Waals surface area (Å²) in [5.74, 6) is -6.53. The number of rotatable bonds is 5. The molecule has 0 saturated carbocycles. The van der Waals surface area contributed by atoms with E-state index in [0.29, 0.717) is 11.1 Å². The molecule has 0 saturated heterocycles. The Kier molecular flexibility index (Phi) is 18.9. The fraction of sp³-hybridized carbons (Fsp3) is 0.170. The van der Waals surface area contributed by atoms with Gasteiger partial charge < -0.3 is 41.3 Å². The lowest BCUT2D eigenvalue weighted by Gasteiger charge is -2.13. The number of fused-ring (bicyclic) bond motifs is 4. The van der Waals surface area contributed by atoms with E-state index in [0.717, 1.165) is 41.7 Å². The minimum atomic E-state index is -4.78. The number of benzene rings is 5. The van der Waals surface area contributed by atoms with Crippen LogP contribution in [0.4, 0.5) is 86.8 Å². The Bertz CT molecular complexity index is 4140. The topological polar surface area (TPSA) is 345 Å². The summed E-state index contributed by atoms with van der Waals surface area (Å²) < 4.78 is 149. The van der Waals surface area contributed by atoms with Crippen LogP contribution in [0.3, 0.4) is 0 Å². The minimum absolute atomic E-state index is 0.0121. The van der Waals surface area contributed by atoms with Crippen molar-refractivity contribution in [1.82, 2.24) is 39.9 Å².